The molecule has 0 fully saturated rings. The molecule has 1 N–H and O–H groups in total. The lowest BCUT2D eigenvalue weighted by molar-refractivity contribution is -0.384. The Balaban J connectivity index is 1.58. The first-order valence-corrected chi connectivity index (χ1v) is 8.43. The number of amides is 1. The SMILES string of the molecule is N#CC(=Cc1ccc(COc2ccc([N+](=O)[O-])cc2)o1)C(=O)NCc1ccco1. The number of nitro benzene ring substituents is 1. The van der Waals surface area contributed by atoms with Gasteiger partial charge in [0.15, 0.2) is 0 Å². The van der Waals surface area contributed by atoms with Gasteiger partial charge in [-0.05, 0) is 36.4 Å². The lowest BCUT2D eigenvalue weighted by Gasteiger charge is -2.03. The predicted molar refractivity (Wildman–Crippen MR) is 100 cm³/mol. The van der Waals surface area contributed by atoms with Crippen molar-refractivity contribution in [2.75, 3.05) is 0 Å². The number of nitro groups is 1. The van der Waals surface area contributed by atoms with Crippen LogP contribution in [0.15, 0.2) is 69.2 Å². The molecule has 0 saturated heterocycles. The monoisotopic (exact) mass is 393 g/mol. The number of nitriles is 1. The summed E-state index contributed by atoms with van der Waals surface area (Å²) in [6.45, 7) is 0.246. The summed E-state index contributed by atoms with van der Waals surface area (Å²) in [6, 6.07) is 14.1. The number of nitrogens with zero attached hydrogens (tertiary/aromatic N) is 2. The fraction of sp³-hybridized carbons (Fsp3) is 0.100. The number of nitrogens with one attached hydrogen (secondary N) is 1. The Bertz CT molecular complexity index is 1060. The van der Waals surface area contributed by atoms with Gasteiger partial charge in [0.05, 0.1) is 17.7 Å². The van der Waals surface area contributed by atoms with E-state index in [0.717, 1.165) is 0 Å². The second-order valence-corrected chi connectivity index (χ2v) is 5.78. The van der Waals surface area contributed by atoms with Gasteiger partial charge in [0, 0.05) is 18.2 Å². The van der Waals surface area contributed by atoms with Crippen LogP contribution < -0.4 is 10.1 Å². The van der Waals surface area contributed by atoms with E-state index in [4.69, 9.17) is 13.6 Å². The highest BCUT2D eigenvalue weighted by molar-refractivity contribution is 6.01. The normalized spacial score (nSPS) is 10.9. The third kappa shape index (κ3) is 5.33. The summed E-state index contributed by atoms with van der Waals surface area (Å²) in [5, 5.41) is 22.4. The Labute approximate surface area is 165 Å². The molecule has 29 heavy (non-hydrogen) atoms. The van der Waals surface area contributed by atoms with Crippen LogP contribution in [-0.4, -0.2) is 10.8 Å². The fourth-order valence-corrected chi connectivity index (χ4v) is 2.33. The third-order valence-electron chi connectivity index (χ3n) is 3.77. The van der Waals surface area contributed by atoms with Gasteiger partial charge in [0.1, 0.15) is 41.3 Å². The molecule has 9 nitrogen and oxygen atoms in total. The van der Waals surface area contributed by atoms with E-state index in [0.29, 0.717) is 23.0 Å². The molecule has 1 amide bonds. The van der Waals surface area contributed by atoms with Crippen LogP contribution in [0.3, 0.4) is 0 Å². The zero-order valence-electron chi connectivity index (χ0n) is 15.0. The quantitative estimate of drug-likeness (QED) is 0.268. The van der Waals surface area contributed by atoms with Crippen molar-refractivity contribution in [2.24, 2.45) is 0 Å². The van der Waals surface area contributed by atoms with Crippen LogP contribution in [-0.2, 0) is 17.9 Å². The molecule has 0 spiro atoms. The zero-order valence-corrected chi connectivity index (χ0v) is 15.0. The van der Waals surface area contributed by atoms with Gasteiger partial charge >= 0.3 is 0 Å². The molecule has 3 rings (SSSR count). The lowest BCUT2D eigenvalue weighted by Crippen LogP contribution is -2.23. The van der Waals surface area contributed by atoms with Gasteiger partial charge in [-0.2, -0.15) is 5.26 Å². The van der Waals surface area contributed by atoms with E-state index in [9.17, 15) is 20.2 Å². The molecular weight excluding hydrogens is 378 g/mol. The average Bonchev–Trinajstić information content (AvgIpc) is 3.41. The Morgan fingerprint density at radius 3 is 2.66 bits per heavy atom. The number of non-ortho nitro benzene ring substituents is 1. The van der Waals surface area contributed by atoms with Crippen LogP contribution in [0.25, 0.3) is 6.08 Å². The number of hydrogen-bond acceptors (Lipinski definition) is 7. The van der Waals surface area contributed by atoms with Crippen molar-refractivity contribution >= 4 is 17.7 Å². The molecule has 2 aromatic heterocycles. The van der Waals surface area contributed by atoms with E-state index in [-0.39, 0.29) is 24.4 Å². The molecule has 2 heterocycles. The van der Waals surface area contributed by atoms with Crippen molar-refractivity contribution in [1.82, 2.24) is 5.32 Å². The van der Waals surface area contributed by atoms with Gasteiger partial charge in [0.25, 0.3) is 11.6 Å². The summed E-state index contributed by atoms with van der Waals surface area (Å²) in [5.41, 5.74) is -0.147. The molecule has 9 heteroatoms. The first kappa shape index (κ1) is 19.4. The maximum Gasteiger partial charge on any atom is 0.269 e. The minimum Gasteiger partial charge on any atom is -0.486 e. The first-order chi connectivity index (χ1) is 14.0. The number of hydrogen-bond donors (Lipinski definition) is 1. The molecule has 1 aromatic carbocycles. The van der Waals surface area contributed by atoms with Crippen LogP contribution in [0.5, 0.6) is 5.75 Å². The molecule has 0 unspecified atom stereocenters. The average molecular weight is 393 g/mol. The molecule has 0 bridgehead atoms. The molecule has 0 aliphatic carbocycles. The van der Waals surface area contributed by atoms with E-state index in [1.165, 1.54) is 36.6 Å². The molecule has 0 radical (unpaired) electrons. The van der Waals surface area contributed by atoms with Gasteiger partial charge < -0.3 is 18.9 Å². The summed E-state index contributed by atoms with van der Waals surface area (Å²) in [4.78, 5) is 22.3. The molecule has 146 valence electrons. The fourth-order valence-electron chi connectivity index (χ4n) is 2.33. The number of furan rings is 2. The van der Waals surface area contributed by atoms with Crippen LogP contribution in [0.4, 0.5) is 5.69 Å². The Morgan fingerprint density at radius 2 is 2.00 bits per heavy atom. The highest BCUT2D eigenvalue weighted by Gasteiger charge is 2.11. The highest BCUT2D eigenvalue weighted by Crippen LogP contribution is 2.19. The molecule has 0 saturated carbocycles. The van der Waals surface area contributed by atoms with Crippen molar-refractivity contribution in [3.63, 3.8) is 0 Å². The minimum atomic E-state index is -0.552. The predicted octanol–water partition coefficient (Wildman–Crippen LogP) is 3.58. The highest BCUT2D eigenvalue weighted by atomic mass is 16.6. The van der Waals surface area contributed by atoms with Crippen molar-refractivity contribution < 1.29 is 23.3 Å². The van der Waals surface area contributed by atoms with E-state index in [2.05, 4.69) is 5.32 Å². The Hall–Kier alpha value is -4.32. The van der Waals surface area contributed by atoms with Crippen molar-refractivity contribution in [2.45, 2.75) is 13.2 Å². The minimum absolute atomic E-state index is 0.0304. The van der Waals surface area contributed by atoms with Crippen molar-refractivity contribution in [3.05, 3.63) is 87.8 Å². The Morgan fingerprint density at radius 1 is 1.21 bits per heavy atom. The summed E-state index contributed by atoms with van der Waals surface area (Å²) in [6.07, 6.45) is 2.82. The van der Waals surface area contributed by atoms with E-state index >= 15 is 0 Å². The standard InChI is InChI=1S/C20H15N3O6/c21-11-14(20(24)22-12-18-2-1-9-27-18)10-17-7-8-19(29-17)13-28-16-5-3-15(4-6-16)23(25)26/h1-10H,12-13H2,(H,22,24). The summed E-state index contributed by atoms with van der Waals surface area (Å²) in [5.74, 6) is 1.24. The molecule has 0 aliphatic rings. The van der Waals surface area contributed by atoms with Crippen LogP contribution in [0.2, 0.25) is 0 Å². The van der Waals surface area contributed by atoms with Crippen LogP contribution >= 0.6 is 0 Å². The van der Waals surface area contributed by atoms with E-state index in [1.54, 1.807) is 24.3 Å². The number of benzene rings is 1. The molecule has 0 aliphatic heterocycles. The number of ether oxygens (including phenoxy) is 1. The third-order valence-corrected chi connectivity index (χ3v) is 3.77. The second kappa shape index (κ2) is 9.05. The van der Waals surface area contributed by atoms with Gasteiger partial charge in [-0.15, -0.1) is 0 Å². The zero-order chi connectivity index (χ0) is 20.6. The lowest BCUT2D eigenvalue weighted by atomic mass is 10.2. The molecular formula is C20H15N3O6. The number of carbonyl (C=O) groups is 1. The van der Waals surface area contributed by atoms with Crippen molar-refractivity contribution in [3.8, 4) is 11.8 Å². The Kier molecular flexibility index (Phi) is 6.07. The number of carbonyl (C=O) groups excluding carboxylic acids is 1. The molecule has 3 aromatic rings. The topological polar surface area (TPSA) is 132 Å². The summed E-state index contributed by atoms with van der Waals surface area (Å²) < 4.78 is 16.2. The number of rotatable bonds is 8. The smallest absolute Gasteiger partial charge is 0.269 e. The first-order valence-electron chi connectivity index (χ1n) is 8.43. The van der Waals surface area contributed by atoms with Gasteiger partial charge in [-0.25, -0.2) is 0 Å². The second-order valence-electron chi connectivity index (χ2n) is 5.78. The van der Waals surface area contributed by atoms with Gasteiger partial charge in [-0.1, -0.05) is 0 Å². The van der Waals surface area contributed by atoms with E-state index in [1.807, 2.05) is 6.07 Å². The van der Waals surface area contributed by atoms with Crippen LogP contribution in [0.1, 0.15) is 17.3 Å². The van der Waals surface area contributed by atoms with Crippen molar-refractivity contribution in [1.29, 1.82) is 5.26 Å². The largest absolute Gasteiger partial charge is 0.486 e. The maximum absolute atomic E-state index is 12.1. The van der Waals surface area contributed by atoms with Crippen LogP contribution in [0, 0.1) is 21.4 Å². The maximum atomic E-state index is 12.1. The van der Waals surface area contributed by atoms with E-state index < -0.39 is 10.8 Å². The summed E-state index contributed by atoms with van der Waals surface area (Å²) in [7, 11) is 0. The van der Waals surface area contributed by atoms with Gasteiger partial charge in [0.2, 0.25) is 0 Å². The summed E-state index contributed by atoms with van der Waals surface area (Å²) >= 11 is 0. The van der Waals surface area contributed by atoms with Gasteiger partial charge in [-0.3, -0.25) is 14.9 Å². The molecule has 0 atom stereocenters.